The number of thiol groups is 1. The third-order valence-corrected chi connectivity index (χ3v) is 2.75. The molecule has 17 heavy (non-hydrogen) atoms. The predicted octanol–water partition coefficient (Wildman–Crippen LogP) is 1.76. The minimum absolute atomic E-state index is 0.345. The van der Waals surface area contributed by atoms with Crippen LogP contribution in [0.4, 0.5) is 5.69 Å². The molecule has 2 aromatic rings. The van der Waals surface area contributed by atoms with Gasteiger partial charge in [0.2, 0.25) is 10.9 Å². The lowest BCUT2D eigenvalue weighted by atomic mass is 10.2. The van der Waals surface area contributed by atoms with E-state index in [1.54, 1.807) is 24.3 Å². The molecule has 0 fully saturated rings. The Morgan fingerprint density at radius 3 is 2.82 bits per heavy atom. The monoisotopic (exact) mass is 270 g/mol. The highest BCUT2D eigenvalue weighted by molar-refractivity contribution is 7.73. The molecule has 0 amide bonds. The molecule has 1 aromatic carbocycles. The first-order chi connectivity index (χ1) is 8.19. The largest absolute Gasteiger partial charge is 0.406 e. The Bertz CT molecular complexity index is 636. The summed E-state index contributed by atoms with van der Waals surface area (Å²) in [5.74, 6) is 0.345. The number of fused-ring (bicyclic) bond motifs is 1. The maximum absolute atomic E-state index is 10.5. The van der Waals surface area contributed by atoms with E-state index in [2.05, 4.69) is 9.71 Å². The molecule has 0 aliphatic heterocycles. The molecule has 0 saturated heterocycles. The van der Waals surface area contributed by atoms with Gasteiger partial charge in [0.25, 0.3) is 0 Å². The number of anilines is 1. The van der Waals surface area contributed by atoms with E-state index in [4.69, 9.17) is 4.52 Å². The first-order valence-corrected chi connectivity index (χ1v) is 6.40. The third kappa shape index (κ3) is 2.89. The minimum atomic E-state index is -2.70. The average Bonchev–Trinajstić information content (AvgIpc) is 2.28. The molecule has 0 spiro atoms. The molecule has 0 aliphatic rings. The lowest BCUT2D eigenvalue weighted by Gasteiger charge is -2.02. The summed E-state index contributed by atoms with van der Waals surface area (Å²) in [4.78, 5) is 4.07. The molecule has 0 atom stereocenters. The molecule has 0 saturated carbocycles. The summed E-state index contributed by atoms with van der Waals surface area (Å²) in [5, 5.41) is 0.688. The van der Waals surface area contributed by atoms with Gasteiger partial charge in [0.15, 0.2) is 5.75 Å². The molecule has 1 N–H and O–H groups in total. The van der Waals surface area contributed by atoms with Crippen molar-refractivity contribution in [1.29, 1.82) is 0 Å². The van der Waals surface area contributed by atoms with Gasteiger partial charge in [-0.15, -0.1) is 0 Å². The zero-order valence-electron chi connectivity index (χ0n) is 8.36. The van der Waals surface area contributed by atoms with Crippen molar-refractivity contribution in [3.05, 3.63) is 30.5 Å². The zero-order chi connectivity index (χ0) is 12.3. The fourth-order valence-electron chi connectivity index (χ4n) is 1.38. The lowest BCUT2D eigenvalue weighted by molar-refractivity contribution is 0.524. The second-order valence-corrected chi connectivity index (χ2v) is 4.18. The Kier molecular flexibility index (Phi) is 3.51. The van der Waals surface area contributed by atoms with Crippen LogP contribution in [0.25, 0.3) is 10.9 Å². The van der Waals surface area contributed by atoms with Crippen LogP contribution in [0.15, 0.2) is 30.5 Å². The normalized spacial score (nSPS) is 10.9. The first-order valence-electron chi connectivity index (χ1n) is 4.49. The third-order valence-electron chi connectivity index (χ3n) is 2.02. The summed E-state index contributed by atoms with van der Waals surface area (Å²) in [6, 6.07) is 6.51. The lowest BCUT2D eigenvalue weighted by Crippen LogP contribution is -1.94. The van der Waals surface area contributed by atoms with Gasteiger partial charge in [-0.05, 0) is 24.3 Å². The Balaban J connectivity index is 2.46. The molecule has 0 unspecified atom stereocenters. The van der Waals surface area contributed by atoms with Gasteiger partial charge in [-0.3, -0.25) is 9.71 Å². The number of nitrogens with one attached hydrogen (secondary N) is 1. The Morgan fingerprint density at radius 1 is 1.29 bits per heavy atom. The standard InChI is InChI=1S/C9H7N2O4PS/c12-16-15-8-4-6-3-7(11-17(13)14)1-2-9(6)10-5-8/h1-5,17H,(H,11,13,14). The highest BCUT2D eigenvalue weighted by atomic mass is 32.2. The SMILES string of the molecule is O=POc1cnc2ccc(N[SH](=O)=O)cc2c1. The molecule has 1 heterocycles. The van der Waals surface area contributed by atoms with Crippen molar-refractivity contribution >= 4 is 36.2 Å². The number of hydrogen-bond donors (Lipinski definition) is 2. The van der Waals surface area contributed by atoms with Crippen LogP contribution < -0.4 is 9.25 Å². The number of nitrogens with zero attached hydrogens (tertiary/aromatic N) is 1. The Hall–Kier alpha value is -1.72. The topological polar surface area (TPSA) is 85.4 Å². The van der Waals surface area contributed by atoms with E-state index < -0.39 is 19.6 Å². The van der Waals surface area contributed by atoms with E-state index in [-0.39, 0.29) is 0 Å². The summed E-state index contributed by atoms with van der Waals surface area (Å²) in [5.41, 5.74) is 1.12. The fourth-order valence-corrected chi connectivity index (χ4v) is 1.92. The van der Waals surface area contributed by atoms with Gasteiger partial charge >= 0.3 is 8.69 Å². The van der Waals surface area contributed by atoms with Crippen LogP contribution >= 0.6 is 8.69 Å². The number of pyridine rings is 1. The predicted molar refractivity (Wildman–Crippen MR) is 63.9 cm³/mol. The number of aromatic nitrogens is 1. The van der Waals surface area contributed by atoms with Crippen molar-refractivity contribution in [3.63, 3.8) is 0 Å². The van der Waals surface area contributed by atoms with Gasteiger partial charge in [0.05, 0.1) is 11.7 Å². The summed E-state index contributed by atoms with van der Waals surface area (Å²) in [6.07, 6.45) is 1.44. The quantitative estimate of drug-likeness (QED) is 0.653. The number of hydrogen-bond acceptors (Lipinski definition) is 5. The van der Waals surface area contributed by atoms with Crippen molar-refractivity contribution < 1.29 is 17.5 Å². The molecular weight excluding hydrogens is 263 g/mol. The summed E-state index contributed by atoms with van der Waals surface area (Å²) in [7, 11) is -3.16. The molecule has 1 aromatic heterocycles. The van der Waals surface area contributed by atoms with Gasteiger partial charge < -0.3 is 4.52 Å². The van der Waals surface area contributed by atoms with Crippen molar-refractivity contribution in [3.8, 4) is 5.75 Å². The van der Waals surface area contributed by atoms with E-state index >= 15 is 0 Å². The van der Waals surface area contributed by atoms with E-state index in [0.717, 1.165) is 0 Å². The van der Waals surface area contributed by atoms with Crippen molar-refractivity contribution in [2.75, 3.05) is 4.72 Å². The number of benzene rings is 1. The van der Waals surface area contributed by atoms with E-state index in [0.29, 0.717) is 22.3 Å². The van der Waals surface area contributed by atoms with Crippen LogP contribution in [0.3, 0.4) is 0 Å². The average molecular weight is 270 g/mol. The fraction of sp³-hybridized carbons (Fsp3) is 0. The first kappa shape index (κ1) is 11.8. The van der Waals surface area contributed by atoms with E-state index in [9.17, 15) is 13.0 Å². The summed E-state index contributed by atoms with van der Waals surface area (Å²) >= 11 is 0. The van der Waals surface area contributed by atoms with Crippen molar-refractivity contribution in [2.45, 2.75) is 0 Å². The molecular formula is C9H7N2O4PS. The smallest absolute Gasteiger partial charge is 0.395 e. The van der Waals surface area contributed by atoms with Crippen LogP contribution in [-0.4, -0.2) is 13.4 Å². The molecule has 88 valence electrons. The van der Waals surface area contributed by atoms with Crippen molar-refractivity contribution in [2.24, 2.45) is 0 Å². The maximum Gasteiger partial charge on any atom is 0.395 e. The Morgan fingerprint density at radius 2 is 2.12 bits per heavy atom. The molecule has 0 radical (unpaired) electrons. The summed E-state index contributed by atoms with van der Waals surface area (Å²) in [6.45, 7) is 0. The second kappa shape index (κ2) is 5.07. The Labute approximate surface area is 100.0 Å². The zero-order valence-corrected chi connectivity index (χ0v) is 10.2. The second-order valence-electron chi connectivity index (χ2n) is 3.11. The number of rotatable bonds is 4. The molecule has 0 aliphatic carbocycles. The van der Waals surface area contributed by atoms with Gasteiger partial charge in [-0.2, -0.15) is 0 Å². The van der Waals surface area contributed by atoms with Crippen LogP contribution in [0, 0.1) is 0 Å². The molecule has 2 rings (SSSR count). The highest BCUT2D eigenvalue weighted by Gasteiger charge is 2.01. The molecule has 0 bridgehead atoms. The molecule has 8 heteroatoms. The molecule has 6 nitrogen and oxygen atoms in total. The van der Waals surface area contributed by atoms with Gasteiger partial charge in [0.1, 0.15) is 0 Å². The highest BCUT2D eigenvalue weighted by Crippen LogP contribution is 2.23. The summed E-state index contributed by atoms with van der Waals surface area (Å²) < 4.78 is 38.3. The van der Waals surface area contributed by atoms with Crippen LogP contribution in [0.2, 0.25) is 0 Å². The van der Waals surface area contributed by atoms with E-state index in [1.807, 2.05) is 0 Å². The van der Waals surface area contributed by atoms with Crippen LogP contribution in [0.5, 0.6) is 5.75 Å². The van der Waals surface area contributed by atoms with Gasteiger partial charge in [0, 0.05) is 11.1 Å². The van der Waals surface area contributed by atoms with Crippen molar-refractivity contribution in [1.82, 2.24) is 4.98 Å². The minimum Gasteiger partial charge on any atom is -0.406 e. The van der Waals surface area contributed by atoms with E-state index in [1.165, 1.54) is 6.20 Å². The maximum atomic E-state index is 10.5. The van der Waals surface area contributed by atoms with Gasteiger partial charge in [-0.25, -0.2) is 13.0 Å². The van der Waals surface area contributed by atoms with Gasteiger partial charge in [-0.1, -0.05) is 0 Å². The van der Waals surface area contributed by atoms with Crippen LogP contribution in [-0.2, 0) is 15.5 Å². The van der Waals surface area contributed by atoms with Crippen LogP contribution in [0.1, 0.15) is 0 Å².